The van der Waals surface area contributed by atoms with Gasteiger partial charge >= 0.3 is 0 Å². The number of hydrogen-bond donors (Lipinski definition) is 1. The molecule has 1 heterocycles. The normalized spacial score (nSPS) is 11.2. The summed E-state index contributed by atoms with van der Waals surface area (Å²) in [4.78, 5) is 15.9. The fraction of sp³-hybridized carbons (Fsp3) is 0.500. The number of halogens is 1. The fourth-order valence-electron chi connectivity index (χ4n) is 1.60. The molecule has 1 amide bonds. The molecule has 0 aliphatic heterocycles. The van der Waals surface area contributed by atoms with Crippen molar-refractivity contribution in [3.63, 3.8) is 0 Å². The van der Waals surface area contributed by atoms with Crippen molar-refractivity contribution >= 4 is 21.8 Å². The van der Waals surface area contributed by atoms with Crippen LogP contribution in [0.2, 0.25) is 0 Å². The van der Waals surface area contributed by atoms with Gasteiger partial charge < -0.3 is 5.32 Å². The van der Waals surface area contributed by atoms with Gasteiger partial charge in [0.2, 0.25) is 0 Å². The van der Waals surface area contributed by atoms with Gasteiger partial charge in [0.15, 0.2) is 0 Å². The largest absolute Gasteiger partial charge is 0.347 e. The van der Waals surface area contributed by atoms with Crippen LogP contribution in [0.5, 0.6) is 0 Å². The molecule has 0 saturated heterocycles. The van der Waals surface area contributed by atoms with Crippen LogP contribution < -0.4 is 5.32 Å². The molecule has 3 nitrogen and oxygen atoms in total. The van der Waals surface area contributed by atoms with Gasteiger partial charge in [-0.25, -0.2) is 0 Å². The summed E-state index contributed by atoms with van der Waals surface area (Å²) in [6, 6.07) is 1.77. The summed E-state index contributed by atoms with van der Waals surface area (Å²) in [6.07, 6.45) is 5.24. The van der Waals surface area contributed by atoms with E-state index in [2.05, 4.69) is 33.2 Å². The van der Waals surface area contributed by atoms with Gasteiger partial charge in [-0.05, 0) is 42.3 Å². The third-order valence-corrected chi connectivity index (χ3v) is 2.73. The summed E-state index contributed by atoms with van der Waals surface area (Å²) in [5.74, 6) is -0.0766. The zero-order valence-corrected chi connectivity index (χ0v) is 11.5. The van der Waals surface area contributed by atoms with E-state index in [9.17, 15) is 4.79 Å². The van der Waals surface area contributed by atoms with Gasteiger partial charge in [-0.2, -0.15) is 0 Å². The van der Waals surface area contributed by atoms with Crippen LogP contribution in [0.15, 0.2) is 22.9 Å². The lowest BCUT2D eigenvalue weighted by Gasteiger charge is -2.25. The predicted molar refractivity (Wildman–Crippen MR) is 68.4 cm³/mol. The van der Waals surface area contributed by atoms with Gasteiger partial charge in [0, 0.05) is 22.4 Å². The summed E-state index contributed by atoms with van der Waals surface area (Å²) in [5, 5.41) is 3.00. The molecular weight excluding hydrogens is 268 g/mol. The van der Waals surface area contributed by atoms with E-state index in [0.717, 1.165) is 17.3 Å². The number of rotatable bonds is 4. The molecule has 0 aliphatic carbocycles. The molecule has 0 aliphatic rings. The van der Waals surface area contributed by atoms with Crippen LogP contribution in [0.25, 0.3) is 0 Å². The molecule has 0 radical (unpaired) electrons. The number of nitrogens with one attached hydrogen (secondary N) is 1. The Morgan fingerprint density at radius 3 is 2.75 bits per heavy atom. The van der Waals surface area contributed by atoms with Crippen molar-refractivity contribution < 1.29 is 4.79 Å². The summed E-state index contributed by atoms with van der Waals surface area (Å²) in [5.41, 5.74) is 0.410. The molecule has 0 aromatic carbocycles. The van der Waals surface area contributed by atoms with Gasteiger partial charge in [-0.1, -0.05) is 13.3 Å². The second kappa shape index (κ2) is 5.43. The number of aromatic nitrogens is 1. The first-order valence-corrected chi connectivity index (χ1v) is 6.17. The SMILES string of the molecule is CCCC(C)(C)NC(=O)c1cncc(Br)c1. The Bertz CT molecular complexity index is 377. The maximum absolute atomic E-state index is 11.9. The van der Waals surface area contributed by atoms with E-state index in [1.165, 1.54) is 0 Å². The van der Waals surface area contributed by atoms with Crippen LogP contribution in [0.3, 0.4) is 0 Å². The zero-order valence-electron chi connectivity index (χ0n) is 9.88. The number of amides is 1. The van der Waals surface area contributed by atoms with E-state index >= 15 is 0 Å². The molecule has 0 spiro atoms. The molecule has 4 heteroatoms. The molecule has 0 saturated carbocycles. The van der Waals surface area contributed by atoms with Crippen molar-refractivity contribution in [2.24, 2.45) is 0 Å². The minimum atomic E-state index is -0.172. The summed E-state index contributed by atoms with van der Waals surface area (Å²) in [6.45, 7) is 6.16. The lowest BCUT2D eigenvalue weighted by atomic mass is 9.98. The van der Waals surface area contributed by atoms with Crippen LogP contribution >= 0.6 is 15.9 Å². The van der Waals surface area contributed by atoms with Crippen molar-refractivity contribution in [2.75, 3.05) is 0 Å². The minimum absolute atomic E-state index is 0.0766. The maximum atomic E-state index is 11.9. The predicted octanol–water partition coefficient (Wildman–Crippen LogP) is 3.15. The van der Waals surface area contributed by atoms with Gasteiger partial charge in [0.05, 0.1) is 5.56 Å². The number of nitrogens with zero attached hydrogens (tertiary/aromatic N) is 1. The molecule has 0 fully saturated rings. The van der Waals surface area contributed by atoms with Crippen LogP contribution in [-0.4, -0.2) is 16.4 Å². The number of carbonyl (C=O) groups excluding carboxylic acids is 1. The summed E-state index contributed by atoms with van der Waals surface area (Å²) < 4.78 is 0.813. The monoisotopic (exact) mass is 284 g/mol. The second-order valence-corrected chi connectivity index (χ2v) is 5.40. The first-order valence-electron chi connectivity index (χ1n) is 5.37. The van der Waals surface area contributed by atoms with E-state index < -0.39 is 0 Å². The highest BCUT2D eigenvalue weighted by molar-refractivity contribution is 9.10. The molecular formula is C12H17BrN2O. The highest BCUT2D eigenvalue weighted by Gasteiger charge is 2.20. The quantitative estimate of drug-likeness (QED) is 0.923. The molecule has 0 atom stereocenters. The van der Waals surface area contributed by atoms with Crippen LogP contribution in [0.4, 0.5) is 0 Å². The molecule has 16 heavy (non-hydrogen) atoms. The lowest BCUT2D eigenvalue weighted by Crippen LogP contribution is -2.43. The highest BCUT2D eigenvalue weighted by Crippen LogP contribution is 2.14. The second-order valence-electron chi connectivity index (χ2n) is 4.48. The Hall–Kier alpha value is -0.900. The number of pyridine rings is 1. The Labute approximate surface area is 105 Å². The lowest BCUT2D eigenvalue weighted by molar-refractivity contribution is 0.0908. The average molecular weight is 285 g/mol. The van der Waals surface area contributed by atoms with Crippen molar-refractivity contribution in [1.29, 1.82) is 0 Å². The highest BCUT2D eigenvalue weighted by atomic mass is 79.9. The molecule has 0 bridgehead atoms. The fourth-order valence-corrected chi connectivity index (χ4v) is 1.97. The first kappa shape index (κ1) is 13.2. The van der Waals surface area contributed by atoms with E-state index in [1.54, 1.807) is 18.5 Å². The Kier molecular flexibility index (Phi) is 4.47. The van der Waals surface area contributed by atoms with Crippen molar-refractivity contribution in [1.82, 2.24) is 10.3 Å². The van der Waals surface area contributed by atoms with Crippen LogP contribution in [0.1, 0.15) is 44.0 Å². The Morgan fingerprint density at radius 1 is 1.50 bits per heavy atom. The standard InChI is InChI=1S/C12H17BrN2O/c1-4-5-12(2,3)15-11(16)9-6-10(13)8-14-7-9/h6-8H,4-5H2,1-3H3,(H,15,16). The van der Waals surface area contributed by atoms with Crippen LogP contribution in [0, 0.1) is 0 Å². The van der Waals surface area contributed by atoms with Gasteiger partial charge in [0.25, 0.3) is 5.91 Å². The summed E-state index contributed by atoms with van der Waals surface area (Å²) >= 11 is 3.30. The summed E-state index contributed by atoms with van der Waals surface area (Å²) in [7, 11) is 0. The molecule has 1 N–H and O–H groups in total. The average Bonchev–Trinajstić information content (AvgIpc) is 2.16. The van der Waals surface area contributed by atoms with Crippen molar-refractivity contribution in [2.45, 2.75) is 39.2 Å². The Morgan fingerprint density at radius 2 is 2.19 bits per heavy atom. The topological polar surface area (TPSA) is 42.0 Å². The van der Waals surface area contributed by atoms with E-state index in [4.69, 9.17) is 0 Å². The number of hydrogen-bond acceptors (Lipinski definition) is 2. The van der Waals surface area contributed by atoms with Gasteiger partial charge in [-0.15, -0.1) is 0 Å². The minimum Gasteiger partial charge on any atom is -0.347 e. The van der Waals surface area contributed by atoms with E-state index in [-0.39, 0.29) is 11.4 Å². The first-order chi connectivity index (χ1) is 7.44. The molecule has 88 valence electrons. The Balaban J connectivity index is 2.72. The van der Waals surface area contributed by atoms with Crippen LogP contribution in [-0.2, 0) is 0 Å². The molecule has 1 aromatic heterocycles. The van der Waals surface area contributed by atoms with Crippen molar-refractivity contribution in [3.8, 4) is 0 Å². The van der Waals surface area contributed by atoms with E-state index in [0.29, 0.717) is 5.56 Å². The number of carbonyl (C=O) groups is 1. The molecule has 0 unspecified atom stereocenters. The third-order valence-electron chi connectivity index (χ3n) is 2.29. The molecule has 1 aromatic rings. The van der Waals surface area contributed by atoms with E-state index in [1.807, 2.05) is 13.8 Å². The van der Waals surface area contributed by atoms with Crippen molar-refractivity contribution in [3.05, 3.63) is 28.5 Å². The molecule has 1 rings (SSSR count). The zero-order chi connectivity index (χ0) is 12.2. The van der Waals surface area contributed by atoms with Gasteiger partial charge in [-0.3, -0.25) is 9.78 Å². The van der Waals surface area contributed by atoms with Gasteiger partial charge in [0.1, 0.15) is 0 Å². The third kappa shape index (κ3) is 3.93. The maximum Gasteiger partial charge on any atom is 0.253 e. The smallest absolute Gasteiger partial charge is 0.253 e.